The van der Waals surface area contributed by atoms with Crippen LogP contribution < -0.4 is 15.5 Å². The van der Waals surface area contributed by atoms with E-state index in [1.54, 1.807) is 35.2 Å². The fourth-order valence-corrected chi connectivity index (χ4v) is 4.20. The number of piperazine rings is 1. The first-order valence-corrected chi connectivity index (χ1v) is 10.1. The molecule has 2 atom stereocenters. The van der Waals surface area contributed by atoms with E-state index >= 15 is 0 Å². The zero-order valence-electron chi connectivity index (χ0n) is 17.3. The lowest BCUT2D eigenvalue weighted by atomic mass is 10.1. The number of nitrogens with zero attached hydrogens (tertiary/aromatic N) is 2. The van der Waals surface area contributed by atoms with Gasteiger partial charge in [-0.1, -0.05) is 12.1 Å². The SMILES string of the molecule is Cc1ccc(F)c2c1NC(C(=O)Nc1cccc(N3CCN(C)C(C(F)(F)F)C3)c1)C2. The number of benzene rings is 2. The maximum absolute atomic E-state index is 14.1. The van der Waals surface area contributed by atoms with Crippen molar-refractivity contribution in [3.05, 3.63) is 53.3 Å². The molecular weight excluding hydrogens is 412 g/mol. The number of likely N-dealkylation sites (N-methyl/N-ethyl adjacent to an activating group) is 1. The van der Waals surface area contributed by atoms with Crippen LogP contribution in [0, 0.1) is 12.7 Å². The Morgan fingerprint density at radius 1 is 1.19 bits per heavy atom. The second kappa shape index (κ2) is 8.03. The number of aryl methyl sites for hydroxylation is 1. The van der Waals surface area contributed by atoms with Crippen molar-refractivity contribution in [2.75, 3.05) is 42.2 Å². The van der Waals surface area contributed by atoms with Gasteiger partial charge in [0.2, 0.25) is 5.91 Å². The standard InChI is InChI=1S/C22H24F4N4O/c1-13-6-7-17(23)16-11-18(28-20(13)16)21(31)27-14-4-3-5-15(10-14)30-9-8-29(2)19(12-30)22(24,25)26/h3-7,10,18-19,28H,8-9,11-12H2,1-2H3,(H,27,31). The first-order chi connectivity index (χ1) is 14.6. The van der Waals surface area contributed by atoms with Crippen molar-refractivity contribution in [3.8, 4) is 0 Å². The number of rotatable bonds is 3. The molecule has 0 bridgehead atoms. The molecule has 31 heavy (non-hydrogen) atoms. The molecule has 166 valence electrons. The van der Waals surface area contributed by atoms with Gasteiger partial charge in [0, 0.05) is 48.7 Å². The minimum atomic E-state index is -4.31. The Morgan fingerprint density at radius 2 is 1.97 bits per heavy atom. The molecule has 9 heteroatoms. The van der Waals surface area contributed by atoms with Crippen LogP contribution in [0.15, 0.2) is 36.4 Å². The number of carbonyl (C=O) groups excluding carboxylic acids is 1. The zero-order valence-corrected chi connectivity index (χ0v) is 17.3. The number of carbonyl (C=O) groups is 1. The van der Waals surface area contributed by atoms with Gasteiger partial charge in [-0.15, -0.1) is 0 Å². The van der Waals surface area contributed by atoms with E-state index in [1.165, 1.54) is 18.0 Å². The molecule has 1 amide bonds. The van der Waals surface area contributed by atoms with E-state index in [0.29, 0.717) is 29.2 Å². The molecule has 2 unspecified atom stereocenters. The van der Waals surface area contributed by atoms with Crippen molar-refractivity contribution in [1.29, 1.82) is 0 Å². The zero-order chi connectivity index (χ0) is 22.3. The monoisotopic (exact) mass is 436 g/mol. The number of nitrogens with one attached hydrogen (secondary N) is 2. The van der Waals surface area contributed by atoms with E-state index in [-0.39, 0.29) is 31.2 Å². The summed E-state index contributed by atoms with van der Waals surface area (Å²) in [7, 11) is 1.48. The van der Waals surface area contributed by atoms with Crippen molar-refractivity contribution in [2.24, 2.45) is 0 Å². The topological polar surface area (TPSA) is 47.6 Å². The predicted octanol–water partition coefficient (Wildman–Crippen LogP) is 3.79. The van der Waals surface area contributed by atoms with E-state index in [9.17, 15) is 22.4 Å². The van der Waals surface area contributed by atoms with Crippen LogP contribution in [0.1, 0.15) is 11.1 Å². The summed E-state index contributed by atoms with van der Waals surface area (Å²) in [6, 6.07) is 7.69. The molecular formula is C22H24F4N4O. The third-order valence-electron chi connectivity index (χ3n) is 6.01. The Morgan fingerprint density at radius 3 is 2.68 bits per heavy atom. The summed E-state index contributed by atoms with van der Waals surface area (Å²) < 4.78 is 54.0. The molecule has 5 nitrogen and oxygen atoms in total. The highest BCUT2D eigenvalue weighted by Gasteiger charge is 2.45. The number of alkyl halides is 3. The molecule has 2 aliphatic heterocycles. The van der Waals surface area contributed by atoms with Crippen LogP contribution in [-0.2, 0) is 11.2 Å². The van der Waals surface area contributed by atoms with Crippen LogP contribution in [0.4, 0.5) is 34.6 Å². The molecule has 2 aromatic carbocycles. The van der Waals surface area contributed by atoms with Gasteiger partial charge in [0.15, 0.2) is 0 Å². The molecule has 0 aliphatic carbocycles. The van der Waals surface area contributed by atoms with Crippen LogP contribution in [0.5, 0.6) is 0 Å². The maximum Gasteiger partial charge on any atom is 0.405 e. The van der Waals surface area contributed by atoms with Crippen molar-refractivity contribution in [2.45, 2.75) is 31.6 Å². The first-order valence-electron chi connectivity index (χ1n) is 10.1. The van der Waals surface area contributed by atoms with Crippen molar-refractivity contribution < 1.29 is 22.4 Å². The molecule has 2 aliphatic rings. The summed E-state index contributed by atoms with van der Waals surface area (Å²) in [5, 5.41) is 5.88. The summed E-state index contributed by atoms with van der Waals surface area (Å²) in [5.41, 5.74) is 3.10. The fourth-order valence-electron chi connectivity index (χ4n) is 4.20. The average molecular weight is 436 g/mol. The summed E-state index contributed by atoms with van der Waals surface area (Å²) in [4.78, 5) is 15.7. The highest BCUT2D eigenvalue weighted by atomic mass is 19.4. The number of halogens is 4. The molecule has 2 heterocycles. The summed E-state index contributed by atoms with van der Waals surface area (Å²) in [6.07, 6.45) is -4.07. The third-order valence-corrected chi connectivity index (χ3v) is 6.01. The van der Waals surface area contributed by atoms with Crippen LogP contribution in [-0.4, -0.2) is 55.7 Å². The van der Waals surface area contributed by atoms with Gasteiger partial charge in [0.05, 0.1) is 0 Å². The van der Waals surface area contributed by atoms with E-state index in [2.05, 4.69) is 10.6 Å². The second-order valence-corrected chi connectivity index (χ2v) is 8.14. The van der Waals surface area contributed by atoms with Gasteiger partial charge < -0.3 is 15.5 Å². The summed E-state index contributed by atoms with van der Waals surface area (Å²) in [6.45, 7) is 2.42. The summed E-state index contributed by atoms with van der Waals surface area (Å²) >= 11 is 0. The normalized spacial score (nSPS) is 21.5. The van der Waals surface area contributed by atoms with Gasteiger partial charge in [-0.25, -0.2) is 4.39 Å². The van der Waals surface area contributed by atoms with Crippen LogP contribution in [0.3, 0.4) is 0 Å². The highest BCUT2D eigenvalue weighted by molar-refractivity contribution is 5.98. The molecule has 2 aromatic rings. The van der Waals surface area contributed by atoms with Gasteiger partial charge >= 0.3 is 6.18 Å². The summed E-state index contributed by atoms with van der Waals surface area (Å²) in [5.74, 6) is -0.668. The van der Waals surface area contributed by atoms with Crippen LogP contribution in [0.25, 0.3) is 0 Å². The minimum absolute atomic E-state index is 0.171. The van der Waals surface area contributed by atoms with Gasteiger partial charge in [-0.2, -0.15) is 13.2 Å². The molecule has 4 rings (SSSR count). The second-order valence-electron chi connectivity index (χ2n) is 8.14. The Balaban J connectivity index is 1.45. The largest absolute Gasteiger partial charge is 0.405 e. The highest BCUT2D eigenvalue weighted by Crippen LogP contribution is 2.33. The van der Waals surface area contributed by atoms with E-state index in [1.807, 2.05) is 6.92 Å². The first kappa shape index (κ1) is 21.4. The number of hydrogen-bond acceptors (Lipinski definition) is 4. The quantitative estimate of drug-likeness (QED) is 0.719. The number of hydrogen-bond donors (Lipinski definition) is 2. The van der Waals surface area contributed by atoms with Crippen molar-refractivity contribution in [3.63, 3.8) is 0 Å². The molecule has 0 aromatic heterocycles. The Hall–Kier alpha value is -2.81. The van der Waals surface area contributed by atoms with Crippen LogP contribution >= 0.6 is 0 Å². The lowest BCUT2D eigenvalue weighted by molar-refractivity contribution is -0.180. The molecule has 0 spiro atoms. The Bertz CT molecular complexity index is 963. The molecule has 0 radical (unpaired) electrons. The van der Waals surface area contributed by atoms with Gasteiger partial charge in [0.1, 0.15) is 17.9 Å². The Kier molecular flexibility index (Phi) is 5.55. The molecule has 2 N–H and O–H groups in total. The molecule has 0 saturated carbocycles. The minimum Gasteiger partial charge on any atom is -0.373 e. The van der Waals surface area contributed by atoms with Crippen LogP contribution in [0.2, 0.25) is 0 Å². The van der Waals surface area contributed by atoms with E-state index < -0.39 is 18.3 Å². The van der Waals surface area contributed by atoms with Gasteiger partial charge in [-0.3, -0.25) is 9.69 Å². The predicted molar refractivity (Wildman–Crippen MR) is 112 cm³/mol. The van der Waals surface area contributed by atoms with Crippen molar-refractivity contribution >= 4 is 23.0 Å². The number of anilines is 3. The maximum atomic E-state index is 14.1. The fraction of sp³-hybridized carbons (Fsp3) is 0.409. The lowest BCUT2D eigenvalue weighted by Gasteiger charge is -2.41. The van der Waals surface area contributed by atoms with E-state index in [0.717, 1.165) is 5.56 Å². The lowest BCUT2D eigenvalue weighted by Crippen LogP contribution is -2.57. The Labute approximate surface area is 178 Å². The van der Waals surface area contributed by atoms with Gasteiger partial charge in [0.25, 0.3) is 0 Å². The average Bonchev–Trinajstić information content (AvgIpc) is 3.18. The third kappa shape index (κ3) is 4.32. The number of amides is 1. The van der Waals surface area contributed by atoms with E-state index in [4.69, 9.17) is 0 Å². The van der Waals surface area contributed by atoms with Crippen molar-refractivity contribution in [1.82, 2.24) is 4.90 Å². The molecule has 1 fully saturated rings. The number of fused-ring (bicyclic) bond motifs is 1. The smallest absolute Gasteiger partial charge is 0.373 e. The molecule has 1 saturated heterocycles. The van der Waals surface area contributed by atoms with Gasteiger partial charge in [-0.05, 0) is 43.8 Å².